The van der Waals surface area contributed by atoms with Gasteiger partial charge in [-0.15, -0.1) is 0 Å². The molecule has 0 saturated carbocycles. The Morgan fingerprint density at radius 3 is 2.48 bits per heavy atom. The molecule has 4 heteroatoms. The Morgan fingerprint density at radius 2 is 1.81 bits per heavy atom. The van der Waals surface area contributed by atoms with E-state index in [1.807, 2.05) is 6.07 Å². The molecular formula is C17H13FN2O. The minimum absolute atomic E-state index is 0.142. The van der Waals surface area contributed by atoms with Crippen LogP contribution in [-0.2, 0) is 6.61 Å². The number of hydrogen-bond acceptors (Lipinski definition) is 3. The molecule has 0 fully saturated rings. The van der Waals surface area contributed by atoms with Gasteiger partial charge in [0.25, 0.3) is 0 Å². The zero-order valence-electron chi connectivity index (χ0n) is 11.3. The summed E-state index contributed by atoms with van der Waals surface area (Å²) >= 11 is 0. The Morgan fingerprint density at radius 1 is 1.10 bits per heavy atom. The maximum atomic E-state index is 13.7. The smallest absolute Gasteiger partial charge is 0.165 e. The molecule has 0 aliphatic carbocycles. The first-order chi connectivity index (χ1) is 10.2. The van der Waals surface area contributed by atoms with Crippen LogP contribution < -0.4 is 10.5 Å². The molecule has 21 heavy (non-hydrogen) atoms. The van der Waals surface area contributed by atoms with E-state index in [4.69, 9.17) is 15.7 Å². The molecular weight excluding hydrogens is 267 g/mol. The van der Waals surface area contributed by atoms with E-state index in [0.717, 1.165) is 5.56 Å². The zero-order valence-corrected chi connectivity index (χ0v) is 11.3. The maximum Gasteiger partial charge on any atom is 0.165 e. The Bertz CT molecular complexity index is 721. The van der Waals surface area contributed by atoms with Crippen LogP contribution in [0.5, 0.6) is 5.75 Å². The molecule has 0 spiro atoms. The standard InChI is InChI=1S/C17H13FN2O/c18-16-8-7-13(2-1-9-19)10-17(16)21-12-15-5-3-14(11-20)4-6-15/h3-8,10H,9,12,19H2. The van der Waals surface area contributed by atoms with Gasteiger partial charge >= 0.3 is 0 Å². The molecule has 2 aromatic rings. The highest BCUT2D eigenvalue weighted by atomic mass is 19.1. The molecule has 0 aliphatic rings. The lowest BCUT2D eigenvalue weighted by Crippen LogP contribution is -1.98. The fraction of sp³-hybridized carbons (Fsp3) is 0.118. The SMILES string of the molecule is N#Cc1ccc(COc2cc(C#CCN)ccc2F)cc1. The summed E-state index contributed by atoms with van der Waals surface area (Å²) in [5.74, 6) is 5.23. The first-order valence-electron chi connectivity index (χ1n) is 6.33. The van der Waals surface area contributed by atoms with Crippen LogP contribution in [0.15, 0.2) is 42.5 Å². The highest BCUT2D eigenvalue weighted by Gasteiger charge is 2.04. The molecule has 2 aromatic carbocycles. The summed E-state index contributed by atoms with van der Waals surface area (Å²) < 4.78 is 19.1. The number of halogens is 1. The van der Waals surface area contributed by atoms with Crippen LogP contribution >= 0.6 is 0 Å². The third-order valence-electron chi connectivity index (χ3n) is 2.74. The Balaban J connectivity index is 2.09. The molecule has 0 unspecified atom stereocenters. The van der Waals surface area contributed by atoms with E-state index in [9.17, 15) is 4.39 Å². The van der Waals surface area contributed by atoms with Gasteiger partial charge in [-0.05, 0) is 35.9 Å². The summed E-state index contributed by atoms with van der Waals surface area (Å²) in [5.41, 5.74) is 7.38. The van der Waals surface area contributed by atoms with Gasteiger partial charge in [0.1, 0.15) is 6.61 Å². The first-order valence-corrected chi connectivity index (χ1v) is 6.33. The van der Waals surface area contributed by atoms with E-state index < -0.39 is 5.82 Å². The highest BCUT2D eigenvalue weighted by Crippen LogP contribution is 2.20. The third kappa shape index (κ3) is 4.07. The van der Waals surface area contributed by atoms with Gasteiger partial charge < -0.3 is 10.5 Å². The van der Waals surface area contributed by atoms with Crippen LogP contribution in [0.4, 0.5) is 4.39 Å². The largest absolute Gasteiger partial charge is 0.486 e. The molecule has 104 valence electrons. The van der Waals surface area contributed by atoms with Gasteiger partial charge in [-0.2, -0.15) is 5.26 Å². The average molecular weight is 280 g/mol. The second-order valence-corrected chi connectivity index (χ2v) is 4.25. The van der Waals surface area contributed by atoms with E-state index in [1.165, 1.54) is 6.07 Å². The fourth-order valence-corrected chi connectivity index (χ4v) is 1.68. The van der Waals surface area contributed by atoms with E-state index in [1.54, 1.807) is 36.4 Å². The lowest BCUT2D eigenvalue weighted by molar-refractivity contribution is 0.290. The lowest BCUT2D eigenvalue weighted by atomic mass is 10.1. The summed E-state index contributed by atoms with van der Waals surface area (Å²) in [6, 6.07) is 13.4. The molecule has 0 aliphatic heterocycles. The number of ether oxygens (including phenoxy) is 1. The van der Waals surface area contributed by atoms with Crippen molar-refractivity contribution in [1.82, 2.24) is 0 Å². The van der Waals surface area contributed by atoms with Gasteiger partial charge in [0.05, 0.1) is 18.2 Å². The maximum absolute atomic E-state index is 13.7. The predicted molar refractivity (Wildman–Crippen MR) is 77.8 cm³/mol. The van der Waals surface area contributed by atoms with Gasteiger partial charge in [-0.3, -0.25) is 0 Å². The van der Waals surface area contributed by atoms with Gasteiger partial charge in [0.15, 0.2) is 11.6 Å². The molecule has 2 rings (SSSR count). The molecule has 3 nitrogen and oxygen atoms in total. The van der Waals surface area contributed by atoms with Gasteiger partial charge in [0.2, 0.25) is 0 Å². The Labute approximate surface area is 122 Å². The van der Waals surface area contributed by atoms with Crippen LogP contribution in [0, 0.1) is 29.0 Å². The minimum Gasteiger partial charge on any atom is -0.486 e. The van der Waals surface area contributed by atoms with Gasteiger partial charge in [-0.25, -0.2) is 4.39 Å². The number of nitriles is 1. The molecule has 0 radical (unpaired) electrons. The van der Waals surface area contributed by atoms with Crippen molar-refractivity contribution in [2.45, 2.75) is 6.61 Å². The topological polar surface area (TPSA) is 59.0 Å². The van der Waals surface area contributed by atoms with Crippen LogP contribution in [0.25, 0.3) is 0 Å². The number of rotatable bonds is 3. The van der Waals surface area contributed by atoms with E-state index >= 15 is 0 Å². The number of benzene rings is 2. The molecule has 2 N–H and O–H groups in total. The molecule has 0 atom stereocenters. The average Bonchev–Trinajstić information content (AvgIpc) is 2.53. The van der Waals surface area contributed by atoms with Crippen molar-refractivity contribution in [1.29, 1.82) is 5.26 Å². The van der Waals surface area contributed by atoms with Crippen molar-refractivity contribution in [3.8, 4) is 23.7 Å². The molecule has 0 heterocycles. The van der Waals surface area contributed by atoms with Crippen LogP contribution in [0.3, 0.4) is 0 Å². The molecule has 0 amide bonds. The molecule has 0 aromatic heterocycles. The van der Waals surface area contributed by atoms with E-state index in [-0.39, 0.29) is 18.9 Å². The van der Waals surface area contributed by atoms with Crippen molar-refractivity contribution in [3.63, 3.8) is 0 Å². The Hall–Kier alpha value is -2.82. The van der Waals surface area contributed by atoms with Crippen LogP contribution in [-0.4, -0.2) is 6.54 Å². The molecule has 0 bridgehead atoms. The second-order valence-electron chi connectivity index (χ2n) is 4.25. The Kier molecular flexibility index (Phi) is 4.93. The quantitative estimate of drug-likeness (QED) is 0.879. The first kappa shape index (κ1) is 14.6. The number of nitrogens with zero attached hydrogens (tertiary/aromatic N) is 1. The summed E-state index contributed by atoms with van der Waals surface area (Å²) in [7, 11) is 0. The van der Waals surface area contributed by atoms with E-state index in [0.29, 0.717) is 11.1 Å². The summed E-state index contributed by atoms with van der Waals surface area (Å²) in [4.78, 5) is 0. The molecule has 0 saturated heterocycles. The monoisotopic (exact) mass is 280 g/mol. The summed E-state index contributed by atoms with van der Waals surface area (Å²) in [6.45, 7) is 0.467. The van der Waals surface area contributed by atoms with Crippen LogP contribution in [0.2, 0.25) is 0 Å². The predicted octanol–water partition coefficient (Wildman–Crippen LogP) is 2.59. The third-order valence-corrected chi connectivity index (χ3v) is 2.74. The van der Waals surface area contributed by atoms with Gasteiger partial charge in [0, 0.05) is 5.56 Å². The van der Waals surface area contributed by atoms with Gasteiger partial charge in [-0.1, -0.05) is 24.0 Å². The highest BCUT2D eigenvalue weighted by molar-refractivity contribution is 5.41. The lowest BCUT2D eigenvalue weighted by Gasteiger charge is -2.08. The number of nitrogens with two attached hydrogens (primary N) is 1. The second kappa shape index (κ2) is 7.09. The summed E-state index contributed by atoms with van der Waals surface area (Å²) in [6.07, 6.45) is 0. The van der Waals surface area contributed by atoms with Crippen molar-refractivity contribution < 1.29 is 9.13 Å². The normalized spacial score (nSPS) is 9.38. The minimum atomic E-state index is -0.443. The zero-order chi connectivity index (χ0) is 15.1. The number of hydrogen-bond donors (Lipinski definition) is 1. The van der Waals surface area contributed by atoms with Crippen molar-refractivity contribution in [3.05, 3.63) is 65.0 Å². The van der Waals surface area contributed by atoms with Crippen molar-refractivity contribution in [2.75, 3.05) is 6.54 Å². The van der Waals surface area contributed by atoms with Crippen molar-refractivity contribution in [2.24, 2.45) is 5.73 Å². The van der Waals surface area contributed by atoms with Crippen molar-refractivity contribution >= 4 is 0 Å². The fourth-order valence-electron chi connectivity index (χ4n) is 1.68. The summed E-state index contributed by atoms with van der Waals surface area (Å²) in [5, 5.41) is 8.72. The van der Waals surface area contributed by atoms with E-state index in [2.05, 4.69) is 11.8 Å². The van der Waals surface area contributed by atoms with Crippen LogP contribution in [0.1, 0.15) is 16.7 Å².